The van der Waals surface area contributed by atoms with E-state index in [1.165, 1.54) is 0 Å². The number of imidazole rings is 1. The number of aromatic nitrogens is 2. The first-order chi connectivity index (χ1) is 21.2. The second-order valence-corrected chi connectivity index (χ2v) is 11.6. The number of hydrogen-bond donors (Lipinski definition) is 2. The molecule has 0 bridgehead atoms. The minimum absolute atomic E-state index is 0.104. The van der Waals surface area contributed by atoms with Gasteiger partial charge < -0.3 is 19.9 Å². The largest absolute Gasteiger partial charge is 0.378 e. The van der Waals surface area contributed by atoms with Crippen LogP contribution in [0.1, 0.15) is 16.9 Å². The lowest BCUT2D eigenvalue weighted by molar-refractivity contribution is 0.0725. The van der Waals surface area contributed by atoms with Crippen LogP contribution in [-0.4, -0.2) is 79.0 Å². The van der Waals surface area contributed by atoms with Gasteiger partial charge in [0.2, 0.25) is 0 Å². The lowest BCUT2D eigenvalue weighted by Gasteiger charge is -2.29. The van der Waals surface area contributed by atoms with Crippen LogP contribution >= 0.6 is 11.9 Å². The third-order valence-corrected chi connectivity index (χ3v) is 8.71. The minimum Gasteiger partial charge on any atom is -0.378 e. The van der Waals surface area contributed by atoms with Crippen LogP contribution in [0, 0.1) is 0 Å². The molecule has 6 rings (SSSR count). The quantitative estimate of drug-likeness (QED) is 0.212. The maximum Gasteiger partial charge on any atom is 0.333 e. The van der Waals surface area contributed by atoms with Gasteiger partial charge in [0.25, 0.3) is 5.91 Å². The Labute approximate surface area is 256 Å². The predicted molar refractivity (Wildman–Crippen MR) is 172 cm³/mol. The smallest absolute Gasteiger partial charge is 0.333 e. The van der Waals surface area contributed by atoms with Crippen molar-refractivity contribution in [1.82, 2.24) is 24.1 Å². The van der Waals surface area contributed by atoms with Gasteiger partial charge >= 0.3 is 5.69 Å². The highest BCUT2D eigenvalue weighted by Gasteiger charge is 2.31. The van der Waals surface area contributed by atoms with Gasteiger partial charge in [-0.15, -0.1) is 0 Å². The Kier molecular flexibility index (Phi) is 9.59. The monoisotopic (exact) mass is 598 g/mol. The third kappa shape index (κ3) is 6.73. The molecule has 10 heteroatoms. The molecule has 0 saturated carbocycles. The Morgan fingerprint density at radius 3 is 2.30 bits per heavy atom. The zero-order valence-corrected chi connectivity index (χ0v) is 25.1. The van der Waals surface area contributed by atoms with Gasteiger partial charge in [-0.2, -0.15) is 0 Å². The lowest BCUT2D eigenvalue weighted by atomic mass is 10.1. The average molecular weight is 599 g/mol. The van der Waals surface area contributed by atoms with Crippen molar-refractivity contribution in [2.75, 3.05) is 63.9 Å². The molecule has 3 aromatic carbocycles. The van der Waals surface area contributed by atoms with E-state index in [1.807, 2.05) is 65.6 Å². The Morgan fingerprint density at radius 2 is 1.56 bits per heavy atom. The van der Waals surface area contributed by atoms with E-state index in [0.29, 0.717) is 57.2 Å². The number of nitrogens with one attached hydrogen (secondary N) is 2. The summed E-state index contributed by atoms with van der Waals surface area (Å²) in [5.74, 6) is -0.104. The normalized spacial score (nSPS) is 15.5. The number of ether oxygens (including phenoxy) is 1. The molecule has 2 fully saturated rings. The van der Waals surface area contributed by atoms with Crippen LogP contribution in [0.4, 0.5) is 5.69 Å². The molecule has 0 spiro atoms. The van der Waals surface area contributed by atoms with Crippen molar-refractivity contribution < 1.29 is 9.53 Å². The molecule has 0 atom stereocenters. The molecule has 2 N–H and O–H groups in total. The van der Waals surface area contributed by atoms with Crippen LogP contribution in [0.3, 0.4) is 0 Å². The summed E-state index contributed by atoms with van der Waals surface area (Å²) < 4.78 is 12.4. The fourth-order valence-corrected chi connectivity index (χ4v) is 6.38. The van der Waals surface area contributed by atoms with Gasteiger partial charge in [0, 0.05) is 68.5 Å². The second-order valence-electron chi connectivity index (χ2n) is 10.7. The molecule has 0 radical (unpaired) electrons. The lowest BCUT2D eigenvalue weighted by Crippen LogP contribution is -2.47. The molecule has 2 aliphatic heterocycles. The number of rotatable bonds is 10. The first-order valence-electron chi connectivity index (χ1n) is 15.0. The van der Waals surface area contributed by atoms with Crippen molar-refractivity contribution in [1.29, 1.82) is 0 Å². The summed E-state index contributed by atoms with van der Waals surface area (Å²) in [6.07, 6.45) is 0.688. The zero-order chi connectivity index (χ0) is 29.4. The minimum atomic E-state index is -0.202. The molecular weight excluding hydrogens is 560 g/mol. The molecule has 3 heterocycles. The number of piperazine rings is 1. The molecule has 9 nitrogen and oxygen atoms in total. The average Bonchev–Trinajstić information content (AvgIpc) is 3.37. The van der Waals surface area contributed by atoms with E-state index in [9.17, 15) is 9.59 Å². The second kappa shape index (κ2) is 14.1. The van der Waals surface area contributed by atoms with E-state index in [2.05, 4.69) is 39.2 Å². The molecule has 1 aromatic heterocycles. The summed E-state index contributed by atoms with van der Waals surface area (Å²) in [6.45, 7) is 6.74. The molecule has 0 aliphatic carbocycles. The molecule has 2 saturated heterocycles. The van der Waals surface area contributed by atoms with E-state index in [4.69, 9.17) is 4.74 Å². The molecule has 43 heavy (non-hydrogen) atoms. The number of morpholine rings is 1. The molecule has 4 aromatic rings. The van der Waals surface area contributed by atoms with Crippen LogP contribution in [0.25, 0.3) is 16.9 Å². The fourth-order valence-electron chi connectivity index (χ4n) is 5.67. The Hall–Kier alpha value is -3.83. The Balaban J connectivity index is 1.40. The van der Waals surface area contributed by atoms with Crippen molar-refractivity contribution in [2.24, 2.45) is 0 Å². The first-order valence-corrected chi connectivity index (χ1v) is 15.8. The van der Waals surface area contributed by atoms with Gasteiger partial charge in [0.05, 0.1) is 24.6 Å². The van der Waals surface area contributed by atoms with Gasteiger partial charge in [-0.1, -0.05) is 54.6 Å². The van der Waals surface area contributed by atoms with Gasteiger partial charge in [-0.05, 0) is 48.7 Å². The fraction of sp³-hybridized carbons (Fsp3) is 0.333. The highest BCUT2D eigenvalue weighted by molar-refractivity contribution is 7.97. The van der Waals surface area contributed by atoms with Crippen LogP contribution in [0.5, 0.6) is 0 Å². The number of hydrogen-bond acceptors (Lipinski definition) is 7. The number of anilines is 1. The predicted octanol–water partition coefficient (Wildman–Crippen LogP) is 3.88. The topological polar surface area (TPSA) is 83.8 Å². The Morgan fingerprint density at radius 1 is 0.860 bits per heavy atom. The van der Waals surface area contributed by atoms with E-state index in [0.717, 1.165) is 48.0 Å². The van der Waals surface area contributed by atoms with Gasteiger partial charge in [0.1, 0.15) is 5.69 Å². The van der Waals surface area contributed by atoms with E-state index in [-0.39, 0.29) is 11.6 Å². The summed E-state index contributed by atoms with van der Waals surface area (Å²) in [4.78, 5) is 34.0. The van der Waals surface area contributed by atoms with Crippen molar-refractivity contribution in [2.45, 2.75) is 17.9 Å². The molecular formula is C33H38N6O3S. The first kappa shape index (κ1) is 29.3. The molecule has 224 valence electrons. The van der Waals surface area contributed by atoms with E-state index < -0.39 is 0 Å². The van der Waals surface area contributed by atoms with Crippen LogP contribution in [-0.2, 0) is 11.3 Å². The maximum absolute atomic E-state index is 14.4. The molecule has 1 amide bonds. The zero-order valence-electron chi connectivity index (χ0n) is 24.3. The number of amides is 1. The summed E-state index contributed by atoms with van der Waals surface area (Å²) >= 11 is 1.57. The highest BCUT2D eigenvalue weighted by Crippen LogP contribution is 2.29. The summed E-state index contributed by atoms with van der Waals surface area (Å²) in [7, 11) is 0. The number of benzene rings is 3. The van der Waals surface area contributed by atoms with Gasteiger partial charge in [-0.25, -0.2) is 4.79 Å². The number of carbonyl (C=O) groups is 1. The van der Waals surface area contributed by atoms with Crippen molar-refractivity contribution in [3.63, 3.8) is 0 Å². The van der Waals surface area contributed by atoms with Crippen LogP contribution < -0.4 is 20.6 Å². The van der Waals surface area contributed by atoms with Crippen molar-refractivity contribution in [3.05, 3.63) is 101 Å². The molecule has 2 aliphatic rings. The Bertz CT molecular complexity index is 1560. The van der Waals surface area contributed by atoms with Crippen molar-refractivity contribution in [3.8, 4) is 16.9 Å². The highest BCUT2D eigenvalue weighted by atomic mass is 32.2. The molecule has 0 unspecified atom stereocenters. The SMILES string of the molecule is O=C(c1c(-c2ccccc2)n(-c2cccc(N3CCOCC3)c2)c(=O)n1CCCNSc1ccccc1)N1CCNCC1. The van der Waals surface area contributed by atoms with Crippen molar-refractivity contribution >= 4 is 23.5 Å². The van der Waals surface area contributed by atoms with Crippen LogP contribution in [0.15, 0.2) is 94.6 Å². The summed E-state index contributed by atoms with van der Waals surface area (Å²) in [5, 5.41) is 3.33. The number of nitrogens with zero attached hydrogens (tertiary/aromatic N) is 4. The summed E-state index contributed by atoms with van der Waals surface area (Å²) in [5.41, 5.74) is 3.51. The van der Waals surface area contributed by atoms with E-state index >= 15 is 0 Å². The number of carbonyl (C=O) groups excluding carboxylic acids is 1. The van der Waals surface area contributed by atoms with E-state index in [1.54, 1.807) is 21.1 Å². The van der Waals surface area contributed by atoms with Crippen LogP contribution in [0.2, 0.25) is 0 Å². The third-order valence-electron chi connectivity index (χ3n) is 7.85. The van der Waals surface area contributed by atoms with Gasteiger partial charge in [0.15, 0.2) is 0 Å². The standard InChI is InChI=1S/C33H38N6O3S/c40-32(37-19-16-34-17-20-37)31-30(26-9-3-1-4-10-26)39(28-12-7-11-27(25-28)36-21-23-42-24-22-36)33(41)38(31)18-8-15-35-43-29-13-5-2-6-14-29/h1-7,9-14,25,34-35H,8,15-24H2. The van der Waals surface area contributed by atoms with Gasteiger partial charge in [-0.3, -0.25) is 18.7 Å². The summed E-state index contributed by atoms with van der Waals surface area (Å²) in [6, 6.07) is 28.0. The maximum atomic E-state index is 14.4.